The van der Waals surface area contributed by atoms with Gasteiger partial charge in [0.1, 0.15) is 0 Å². The van der Waals surface area contributed by atoms with Crippen LogP contribution in [-0.2, 0) is 0 Å². The van der Waals surface area contributed by atoms with E-state index in [9.17, 15) is 0 Å². The van der Waals surface area contributed by atoms with Crippen molar-refractivity contribution in [3.63, 3.8) is 0 Å². The van der Waals surface area contributed by atoms with E-state index in [2.05, 4.69) is 26.1 Å². The molecule has 3 unspecified atom stereocenters. The van der Waals surface area contributed by atoms with Gasteiger partial charge in [-0.15, -0.1) is 0 Å². The smallest absolute Gasteiger partial charge is 0.00180 e. The molecule has 1 N–H and O–H groups in total. The maximum Gasteiger partial charge on any atom is -0.00180 e. The Morgan fingerprint density at radius 2 is 1.88 bits per heavy atom. The molecule has 1 saturated carbocycles. The van der Waals surface area contributed by atoms with Crippen LogP contribution in [0.25, 0.3) is 0 Å². The SMILES string of the molecule is CCCCC(CC)CC1CCC1CNCC. The van der Waals surface area contributed by atoms with E-state index >= 15 is 0 Å². The summed E-state index contributed by atoms with van der Waals surface area (Å²) in [4.78, 5) is 0. The molecule has 0 heterocycles. The van der Waals surface area contributed by atoms with Crippen molar-refractivity contribution < 1.29 is 0 Å². The highest BCUT2D eigenvalue weighted by atomic mass is 14.9. The molecular weight excluding hydrogens is 194 g/mol. The van der Waals surface area contributed by atoms with Crippen LogP contribution < -0.4 is 5.32 Å². The minimum atomic E-state index is 0.996. The monoisotopic (exact) mass is 225 g/mol. The Balaban J connectivity index is 2.18. The molecule has 1 rings (SSSR count). The van der Waals surface area contributed by atoms with Crippen LogP contribution in [0.4, 0.5) is 0 Å². The third kappa shape index (κ3) is 4.45. The van der Waals surface area contributed by atoms with E-state index in [1.54, 1.807) is 0 Å². The second-order valence-electron chi connectivity index (χ2n) is 5.56. The maximum atomic E-state index is 3.51. The molecule has 0 amide bonds. The van der Waals surface area contributed by atoms with Crippen molar-refractivity contribution in [3.8, 4) is 0 Å². The van der Waals surface area contributed by atoms with Gasteiger partial charge >= 0.3 is 0 Å². The first-order valence-corrected chi connectivity index (χ1v) is 7.52. The molecule has 1 nitrogen and oxygen atoms in total. The number of unbranched alkanes of at least 4 members (excludes halogenated alkanes) is 1. The van der Waals surface area contributed by atoms with Gasteiger partial charge in [-0.2, -0.15) is 0 Å². The van der Waals surface area contributed by atoms with Gasteiger partial charge in [-0.3, -0.25) is 0 Å². The highest BCUT2D eigenvalue weighted by Gasteiger charge is 2.31. The number of hydrogen-bond donors (Lipinski definition) is 1. The lowest BCUT2D eigenvalue weighted by molar-refractivity contribution is 0.133. The highest BCUT2D eigenvalue weighted by molar-refractivity contribution is 4.83. The zero-order valence-electron chi connectivity index (χ0n) is 11.6. The fourth-order valence-electron chi connectivity index (χ4n) is 2.96. The Labute approximate surface area is 102 Å². The molecule has 1 fully saturated rings. The van der Waals surface area contributed by atoms with Crippen LogP contribution in [0.3, 0.4) is 0 Å². The molecule has 0 aromatic carbocycles. The highest BCUT2D eigenvalue weighted by Crippen LogP contribution is 2.39. The fraction of sp³-hybridized carbons (Fsp3) is 1.00. The molecule has 0 bridgehead atoms. The summed E-state index contributed by atoms with van der Waals surface area (Å²) in [6, 6.07) is 0. The van der Waals surface area contributed by atoms with E-state index in [1.807, 2.05) is 0 Å². The molecule has 96 valence electrons. The van der Waals surface area contributed by atoms with Crippen molar-refractivity contribution in [2.45, 2.75) is 65.7 Å². The van der Waals surface area contributed by atoms with E-state index in [0.717, 1.165) is 24.3 Å². The zero-order valence-corrected chi connectivity index (χ0v) is 11.6. The largest absolute Gasteiger partial charge is 0.317 e. The number of nitrogens with one attached hydrogen (secondary N) is 1. The number of rotatable bonds is 9. The van der Waals surface area contributed by atoms with Gasteiger partial charge in [0.05, 0.1) is 0 Å². The first-order valence-electron chi connectivity index (χ1n) is 7.52. The molecule has 3 atom stereocenters. The Bertz CT molecular complexity index is 167. The van der Waals surface area contributed by atoms with Crippen LogP contribution >= 0.6 is 0 Å². The average Bonchev–Trinajstić information content (AvgIpc) is 2.28. The normalized spacial score (nSPS) is 26.4. The molecule has 1 aliphatic rings. The number of hydrogen-bond acceptors (Lipinski definition) is 1. The molecule has 0 radical (unpaired) electrons. The van der Waals surface area contributed by atoms with Gasteiger partial charge in [-0.05, 0) is 50.1 Å². The summed E-state index contributed by atoms with van der Waals surface area (Å²) in [5.41, 5.74) is 0. The summed E-state index contributed by atoms with van der Waals surface area (Å²) in [6.07, 6.45) is 10.1. The summed E-state index contributed by atoms with van der Waals surface area (Å²) < 4.78 is 0. The molecular formula is C15H31N. The third-order valence-electron chi connectivity index (χ3n) is 4.41. The van der Waals surface area contributed by atoms with Crippen molar-refractivity contribution in [1.29, 1.82) is 0 Å². The first kappa shape index (κ1) is 14.0. The van der Waals surface area contributed by atoms with Crippen LogP contribution in [0.2, 0.25) is 0 Å². The minimum Gasteiger partial charge on any atom is -0.317 e. The topological polar surface area (TPSA) is 12.0 Å². The van der Waals surface area contributed by atoms with Gasteiger partial charge in [-0.25, -0.2) is 0 Å². The second kappa shape index (κ2) is 8.11. The summed E-state index contributed by atoms with van der Waals surface area (Å²) in [5, 5.41) is 3.51. The molecule has 0 aliphatic heterocycles. The van der Waals surface area contributed by atoms with E-state index in [-0.39, 0.29) is 0 Å². The van der Waals surface area contributed by atoms with Gasteiger partial charge in [-0.1, -0.05) is 46.5 Å². The van der Waals surface area contributed by atoms with Crippen LogP contribution in [0, 0.1) is 17.8 Å². The van der Waals surface area contributed by atoms with Crippen molar-refractivity contribution in [3.05, 3.63) is 0 Å². The summed E-state index contributed by atoms with van der Waals surface area (Å²) >= 11 is 0. The lowest BCUT2D eigenvalue weighted by Crippen LogP contribution is -2.36. The lowest BCUT2D eigenvalue weighted by atomic mass is 9.68. The molecule has 0 aromatic rings. The molecule has 0 aromatic heterocycles. The van der Waals surface area contributed by atoms with Crippen LogP contribution in [0.1, 0.15) is 65.7 Å². The van der Waals surface area contributed by atoms with E-state index in [4.69, 9.17) is 0 Å². The van der Waals surface area contributed by atoms with E-state index in [1.165, 1.54) is 51.5 Å². The molecule has 16 heavy (non-hydrogen) atoms. The Morgan fingerprint density at radius 1 is 1.12 bits per heavy atom. The van der Waals surface area contributed by atoms with Gasteiger partial charge in [0.15, 0.2) is 0 Å². The summed E-state index contributed by atoms with van der Waals surface area (Å²) in [7, 11) is 0. The van der Waals surface area contributed by atoms with Gasteiger partial charge in [0.25, 0.3) is 0 Å². The molecule has 1 aliphatic carbocycles. The van der Waals surface area contributed by atoms with E-state index in [0.29, 0.717) is 0 Å². The first-order chi connectivity index (χ1) is 7.81. The van der Waals surface area contributed by atoms with Crippen LogP contribution in [0.15, 0.2) is 0 Å². The average molecular weight is 225 g/mol. The minimum absolute atomic E-state index is 0.996. The molecule has 0 saturated heterocycles. The van der Waals surface area contributed by atoms with Crippen LogP contribution in [-0.4, -0.2) is 13.1 Å². The Hall–Kier alpha value is -0.0400. The Kier molecular flexibility index (Phi) is 7.11. The summed E-state index contributed by atoms with van der Waals surface area (Å²) in [5.74, 6) is 3.05. The van der Waals surface area contributed by atoms with Crippen molar-refractivity contribution >= 4 is 0 Å². The predicted octanol–water partition coefficient (Wildman–Crippen LogP) is 4.23. The predicted molar refractivity (Wildman–Crippen MR) is 72.7 cm³/mol. The Morgan fingerprint density at radius 3 is 2.38 bits per heavy atom. The van der Waals surface area contributed by atoms with Crippen molar-refractivity contribution in [2.75, 3.05) is 13.1 Å². The quantitative estimate of drug-likeness (QED) is 0.619. The molecule has 0 spiro atoms. The van der Waals surface area contributed by atoms with Gasteiger partial charge in [0.2, 0.25) is 0 Å². The molecule has 1 heteroatoms. The second-order valence-corrected chi connectivity index (χ2v) is 5.56. The van der Waals surface area contributed by atoms with Gasteiger partial charge in [0, 0.05) is 0 Å². The zero-order chi connectivity index (χ0) is 11.8. The fourth-order valence-corrected chi connectivity index (χ4v) is 2.96. The van der Waals surface area contributed by atoms with Crippen LogP contribution in [0.5, 0.6) is 0 Å². The summed E-state index contributed by atoms with van der Waals surface area (Å²) in [6.45, 7) is 9.30. The van der Waals surface area contributed by atoms with Crippen molar-refractivity contribution in [1.82, 2.24) is 5.32 Å². The lowest BCUT2D eigenvalue weighted by Gasteiger charge is -2.39. The van der Waals surface area contributed by atoms with E-state index < -0.39 is 0 Å². The van der Waals surface area contributed by atoms with Gasteiger partial charge < -0.3 is 5.32 Å². The standard InChI is InChI=1S/C15H31N/c1-4-7-8-13(5-2)11-14-9-10-15(14)12-16-6-3/h13-16H,4-12H2,1-3H3. The van der Waals surface area contributed by atoms with Crippen molar-refractivity contribution in [2.24, 2.45) is 17.8 Å². The maximum absolute atomic E-state index is 3.51. The third-order valence-corrected chi connectivity index (χ3v) is 4.41.